The molecule has 0 radical (unpaired) electrons. The van der Waals surface area contributed by atoms with Crippen LogP contribution in [0.2, 0.25) is 0 Å². The van der Waals surface area contributed by atoms with Crippen LogP contribution >= 0.6 is 11.5 Å². The summed E-state index contributed by atoms with van der Waals surface area (Å²) in [6.45, 7) is 2.31. The van der Waals surface area contributed by atoms with Crippen molar-refractivity contribution in [2.45, 2.75) is 18.9 Å². The number of piperidine rings is 1. The zero-order valence-corrected chi connectivity index (χ0v) is 11.9. The van der Waals surface area contributed by atoms with Crippen LogP contribution in [0.15, 0.2) is 30.3 Å². The van der Waals surface area contributed by atoms with Crippen LogP contribution < -0.4 is 5.32 Å². The third-order valence-corrected chi connectivity index (χ3v) is 4.15. The van der Waals surface area contributed by atoms with Gasteiger partial charge in [-0.15, -0.1) is 0 Å². The number of nitrogens with one attached hydrogen (secondary N) is 1. The molecule has 0 aliphatic carbocycles. The maximum atomic E-state index is 4.58. The van der Waals surface area contributed by atoms with Crippen LogP contribution in [0.25, 0.3) is 11.4 Å². The Morgan fingerprint density at radius 1 is 1.21 bits per heavy atom. The SMILES string of the molecule is CN1CCC(Nc2nc(-c3ccccc3)ns2)CC1. The Labute approximate surface area is 117 Å². The standard InChI is InChI=1S/C14H18N4S/c1-18-9-7-12(8-10-18)15-14-16-13(17-19-14)11-5-3-2-4-6-11/h2-6,12H,7-10H2,1H3,(H,15,16,17). The van der Waals surface area contributed by atoms with Crippen molar-refractivity contribution < 1.29 is 0 Å². The number of rotatable bonds is 3. The van der Waals surface area contributed by atoms with E-state index in [4.69, 9.17) is 0 Å². The Bertz CT molecular complexity index is 517. The smallest absolute Gasteiger partial charge is 0.203 e. The molecule has 1 fully saturated rings. The molecule has 1 N–H and O–H groups in total. The summed E-state index contributed by atoms with van der Waals surface area (Å²) in [5.74, 6) is 0.820. The molecule has 0 bridgehead atoms. The Morgan fingerprint density at radius 2 is 1.95 bits per heavy atom. The highest BCUT2D eigenvalue weighted by atomic mass is 32.1. The van der Waals surface area contributed by atoms with Crippen LogP contribution in [0.3, 0.4) is 0 Å². The molecule has 1 aromatic carbocycles. The summed E-state index contributed by atoms with van der Waals surface area (Å²) in [4.78, 5) is 6.95. The van der Waals surface area contributed by atoms with Gasteiger partial charge in [0.25, 0.3) is 0 Å². The summed E-state index contributed by atoms with van der Waals surface area (Å²) in [5.41, 5.74) is 1.08. The fourth-order valence-corrected chi connectivity index (χ4v) is 2.98. The molecule has 0 atom stereocenters. The van der Waals surface area contributed by atoms with Crippen molar-refractivity contribution >= 4 is 16.7 Å². The zero-order chi connectivity index (χ0) is 13.1. The van der Waals surface area contributed by atoms with E-state index < -0.39 is 0 Å². The minimum absolute atomic E-state index is 0.535. The van der Waals surface area contributed by atoms with E-state index in [-0.39, 0.29) is 0 Å². The zero-order valence-electron chi connectivity index (χ0n) is 11.0. The average molecular weight is 274 g/mol. The van der Waals surface area contributed by atoms with Crippen molar-refractivity contribution in [2.75, 3.05) is 25.5 Å². The molecule has 0 amide bonds. The molecule has 2 heterocycles. The largest absolute Gasteiger partial charge is 0.357 e. The fourth-order valence-electron chi connectivity index (χ4n) is 2.31. The predicted octanol–water partition coefficient (Wildman–Crippen LogP) is 2.71. The predicted molar refractivity (Wildman–Crippen MR) is 79.5 cm³/mol. The summed E-state index contributed by atoms with van der Waals surface area (Å²) in [6, 6.07) is 10.7. The van der Waals surface area contributed by atoms with Gasteiger partial charge in [-0.05, 0) is 33.0 Å². The highest BCUT2D eigenvalue weighted by Gasteiger charge is 2.17. The first-order valence-electron chi connectivity index (χ1n) is 6.65. The molecule has 4 nitrogen and oxygen atoms in total. The van der Waals surface area contributed by atoms with Crippen molar-refractivity contribution in [3.63, 3.8) is 0 Å². The number of hydrogen-bond acceptors (Lipinski definition) is 5. The topological polar surface area (TPSA) is 41.0 Å². The summed E-state index contributed by atoms with van der Waals surface area (Å²) in [6.07, 6.45) is 2.35. The molecule has 0 spiro atoms. The van der Waals surface area contributed by atoms with E-state index in [0.29, 0.717) is 6.04 Å². The molecule has 3 rings (SSSR count). The van der Waals surface area contributed by atoms with Gasteiger partial charge in [-0.3, -0.25) is 0 Å². The maximum absolute atomic E-state index is 4.58. The van der Waals surface area contributed by atoms with E-state index >= 15 is 0 Å². The molecular weight excluding hydrogens is 256 g/mol. The first kappa shape index (κ1) is 12.6. The lowest BCUT2D eigenvalue weighted by Gasteiger charge is -2.29. The normalized spacial score (nSPS) is 17.5. The average Bonchev–Trinajstić information content (AvgIpc) is 2.91. The number of benzene rings is 1. The van der Waals surface area contributed by atoms with Crippen molar-refractivity contribution in [1.82, 2.24) is 14.3 Å². The van der Waals surface area contributed by atoms with E-state index in [1.807, 2.05) is 30.3 Å². The highest BCUT2D eigenvalue weighted by Crippen LogP contribution is 2.22. The van der Waals surface area contributed by atoms with Gasteiger partial charge in [0.15, 0.2) is 5.82 Å². The van der Waals surface area contributed by atoms with Gasteiger partial charge in [-0.25, -0.2) is 0 Å². The maximum Gasteiger partial charge on any atom is 0.203 e. The first-order chi connectivity index (χ1) is 9.31. The van der Waals surface area contributed by atoms with Gasteiger partial charge < -0.3 is 10.2 Å². The van der Waals surface area contributed by atoms with Crippen molar-refractivity contribution in [3.8, 4) is 11.4 Å². The molecular formula is C14H18N4S. The Hall–Kier alpha value is -1.46. The van der Waals surface area contributed by atoms with Gasteiger partial charge in [0, 0.05) is 23.1 Å². The van der Waals surface area contributed by atoms with Gasteiger partial charge in [-0.1, -0.05) is 30.3 Å². The number of nitrogens with zero attached hydrogens (tertiary/aromatic N) is 3. The van der Waals surface area contributed by atoms with Crippen LogP contribution in [-0.2, 0) is 0 Å². The van der Waals surface area contributed by atoms with Gasteiger partial charge >= 0.3 is 0 Å². The number of aromatic nitrogens is 2. The second-order valence-corrected chi connectivity index (χ2v) is 5.76. The van der Waals surface area contributed by atoms with E-state index in [2.05, 4.69) is 26.6 Å². The van der Waals surface area contributed by atoms with Crippen LogP contribution in [-0.4, -0.2) is 40.4 Å². The second kappa shape index (κ2) is 5.67. The minimum Gasteiger partial charge on any atom is -0.357 e. The number of anilines is 1. The lowest BCUT2D eigenvalue weighted by molar-refractivity contribution is 0.264. The molecule has 1 saturated heterocycles. The summed E-state index contributed by atoms with van der Waals surface area (Å²) in [7, 11) is 2.18. The molecule has 100 valence electrons. The van der Waals surface area contributed by atoms with Gasteiger partial charge in [0.1, 0.15) is 0 Å². The van der Waals surface area contributed by atoms with E-state index in [9.17, 15) is 0 Å². The fraction of sp³-hybridized carbons (Fsp3) is 0.429. The lowest BCUT2D eigenvalue weighted by Crippen LogP contribution is -2.36. The van der Waals surface area contributed by atoms with Crippen LogP contribution in [0.5, 0.6) is 0 Å². The van der Waals surface area contributed by atoms with Crippen LogP contribution in [0, 0.1) is 0 Å². The van der Waals surface area contributed by atoms with Crippen LogP contribution in [0.4, 0.5) is 5.13 Å². The van der Waals surface area contributed by atoms with Crippen LogP contribution in [0.1, 0.15) is 12.8 Å². The van der Waals surface area contributed by atoms with E-state index in [1.54, 1.807) is 0 Å². The van der Waals surface area contributed by atoms with E-state index in [1.165, 1.54) is 24.4 Å². The summed E-state index contributed by atoms with van der Waals surface area (Å²) >= 11 is 1.45. The molecule has 1 aromatic heterocycles. The summed E-state index contributed by atoms with van der Waals surface area (Å²) in [5, 5.41) is 4.45. The first-order valence-corrected chi connectivity index (χ1v) is 7.43. The number of likely N-dealkylation sites (tertiary alicyclic amines) is 1. The molecule has 0 saturated carbocycles. The lowest BCUT2D eigenvalue weighted by atomic mass is 10.1. The number of hydrogen-bond donors (Lipinski definition) is 1. The third kappa shape index (κ3) is 3.11. The van der Waals surface area contributed by atoms with Gasteiger partial charge in [0.2, 0.25) is 5.13 Å². The molecule has 0 unspecified atom stereocenters. The monoisotopic (exact) mass is 274 g/mol. The Kier molecular flexibility index (Phi) is 3.75. The highest BCUT2D eigenvalue weighted by molar-refractivity contribution is 7.09. The minimum atomic E-state index is 0.535. The molecule has 19 heavy (non-hydrogen) atoms. The quantitative estimate of drug-likeness (QED) is 0.934. The third-order valence-electron chi connectivity index (χ3n) is 3.50. The van der Waals surface area contributed by atoms with Crippen molar-refractivity contribution in [3.05, 3.63) is 30.3 Å². The van der Waals surface area contributed by atoms with Gasteiger partial charge in [0.05, 0.1) is 0 Å². The Balaban J connectivity index is 1.65. The molecule has 2 aromatic rings. The molecule has 1 aliphatic rings. The Morgan fingerprint density at radius 3 is 2.68 bits per heavy atom. The summed E-state index contributed by atoms with van der Waals surface area (Å²) < 4.78 is 4.42. The molecule has 5 heteroatoms. The second-order valence-electron chi connectivity index (χ2n) is 5.01. The van der Waals surface area contributed by atoms with Crippen molar-refractivity contribution in [2.24, 2.45) is 0 Å². The van der Waals surface area contributed by atoms with Gasteiger partial charge in [-0.2, -0.15) is 9.36 Å². The van der Waals surface area contributed by atoms with Crippen molar-refractivity contribution in [1.29, 1.82) is 0 Å². The molecule has 1 aliphatic heterocycles. The van der Waals surface area contributed by atoms with E-state index in [0.717, 1.165) is 29.6 Å².